The SMILES string of the molecule is CCOC(=O)C1CCCN(C(=O)C(C)N2CCC(C(=O)NCCCOC)CC2)C1. The zero-order valence-electron chi connectivity index (χ0n) is 18.2. The minimum Gasteiger partial charge on any atom is -0.466 e. The van der Waals surface area contributed by atoms with E-state index in [0.29, 0.717) is 32.8 Å². The predicted octanol–water partition coefficient (Wildman–Crippen LogP) is 1.04. The maximum atomic E-state index is 13.0. The lowest BCUT2D eigenvalue weighted by molar-refractivity contribution is -0.152. The summed E-state index contributed by atoms with van der Waals surface area (Å²) in [6, 6.07) is -0.235. The Balaban J connectivity index is 1.77. The van der Waals surface area contributed by atoms with Gasteiger partial charge in [0.15, 0.2) is 0 Å². The van der Waals surface area contributed by atoms with Crippen molar-refractivity contribution in [3.63, 3.8) is 0 Å². The fourth-order valence-corrected chi connectivity index (χ4v) is 4.17. The molecule has 1 N–H and O–H groups in total. The van der Waals surface area contributed by atoms with Crippen molar-refractivity contribution >= 4 is 17.8 Å². The number of likely N-dealkylation sites (tertiary alicyclic amines) is 2. The Morgan fingerprint density at radius 3 is 2.48 bits per heavy atom. The minimum absolute atomic E-state index is 0.0132. The molecule has 2 fully saturated rings. The lowest BCUT2D eigenvalue weighted by Gasteiger charge is -2.39. The summed E-state index contributed by atoms with van der Waals surface area (Å²) in [6.45, 7) is 7.99. The van der Waals surface area contributed by atoms with Crippen molar-refractivity contribution in [3.05, 3.63) is 0 Å². The molecule has 29 heavy (non-hydrogen) atoms. The van der Waals surface area contributed by atoms with Crippen LogP contribution in [-0.2, 0) is 23.9 Å². The van der Waals surface area contributed by atoms with Crippen LogP contribution < -0.4 is 5.32 Å². The molecule has 2 aliphatic rings. The lowest BCUT2D eigenvalue weighted by Crippen LogP contribution is -2.53. The van der Waals surface area contributed by atoms with E-state index in [-0.39, 0.29) is 35.7 Å². The van der Waals surface area contributed by atoms with E-state index < -0.39 is 0 Å². The van der Waals surface area contributed by atoms with Crippen LogP contribution in [0.1, 0.15) is 46.0 Å². The average molecular weight is 412 g/mol. The van der Waals surface area contributed by atoms with Crippen molar-refractivity contribution in [1.29, 1.82) is 0 Å². The normalized spacial score (nSPS) is 22.2. The Hall–Kier alpha value is -1.67. The van der Waals surface area contributed by atoms with Crippen LogP contribution in [0.25, 0.3) is 0 Å². The molecule has 0 spiro atoms. The lowest BCUT2D eigenvalue weighted by atomic mass is 9.94. The summed E-state index contributed by atoms with van der Waals surface area (Å²) in [5.74, 6) is -0.226. The summed E-state index contributed by atoms with van der Waals surface area (Å²) in [5, 5.41) is 2.98. The zero-order chi connectivity index (χ0) is 21.2. The highest BCUT2D eigenvalue weighted by atomic mass is 16.5. The van der Waals surface area contributed by atoms with E-state index in [2.05, 4.69) is 10.2 Å². The molecule has 0 aromatic carbocycles. The first-order valence-electron chi connectivity index (χ1n) is 10.9. The Labute approximate surface area is 174 Å². The summed E-state index contributed by atoms with van der Waals surface area (Å²) in [4.78, 5) is 41.3. The number of hydrogen-bond acceptors (Lipinski definition) is 6. The van der Waals surface area contributed by atoms with E-state index >= 15 is 0 Å². The number of piperidine rings is 2. The molecule has 0 saturated carbocycles. The summed E-state index contributed by atoms with van der Waals surface area (Å²) in [7, 11) is 1.65. The highest BCUT2D eigenvalue weighted by molar-refractivity contribution is 5.83. The Kier molecular flexibility index (Phi) is 9.87. The highest BCUT2D eigenvalue weighted by Gasteiger charge is 2.35. The van der Waals surface area contributed by atoms with Crippen molar-refractivity contribution in [2.45, 2.75) is 52.0 Å². The van der Waals surface area contributed by atoms with Crippen molar-refractivity contribution in [1.82, 2.24) is 15.1 Å². The molecule has 2 aliphatic heterocycles. The van der Waals surface area contributed by atoms with Gasteiger partial charge < -0.3 is 19.7 Å². The topological polar surface area (TPSA) is 88.2 Å². The number of ether oxygens (including phenoxy) is 2. The summed E-state index contributed by atoms with van der Waals surface area (Å²) in [5.41, 5.74) is 0. The van der Waals surface area contributed by atoms with Crippen molar-refractivity contribution < 1.29 is 23.9 Å². The molecule has 8 nitrogen and oxygen atoms in total. The average Bonchev–Trinajstić information content (AvgIpc) is 2.76. The third-order valence-corrected chi connectivity index (χ3v) is 5.98. The molecule has 2 amide bonds. The molecule has 2 unspecified atom stereocenters. The highest BCUT2D eigenvalue weighted by Crippen LogP contribution is 2.23. The Bertz CT molecular complexity index is 548. The van der Waals surface area contributed by atoms with Crippen molar-refractivity contribution in [2.75, 3.05) is 53.0 Å². The van der Waals surface area contributed by atoms with Gasteiger partial charge in [-0.25, -0.2) is 0 Å². The third kappa shape index (κ3) is 6.96. The van der Waals surface area contributed by atoms with Crippen LogP contribution in [0.5, 0.6) is 0 Å². The molecule has 0 aliphatic carbocycles. The third-order valence-electron chi connectivity index (χ3n) is 5.98. The molecule has 166 valence electrons. The molecular formula is C21H37N3O5. The van der Waals surface area contributed by atoms with E-state index in [0.717, 1.165) is 45.2 Å². The molecule has 0 aromatic heterocycles. The van der Waals surface area contributed by atoms with Crippen LogP contribution >= 0.6 is 0 Å². The molecule has 0 radical (unpaired) electrons. The number of carbonyl (C=O) groups is 3. The second-order valence-electron chi connectivity index (χ2n) is 8.00. The maximum Gasteiger partial charge on any atom is 0.310 e. The van der Waals surface area contributed by atoms with Gasteiger partial charge in [0.2, 0.25) is 11.8 Å². The maximum absolute atomic E-state index is 13.0. The second-order valence-corrected chi connectivity index (χ2v) is 8.00. The van der Waals surface area contributed by atoms with Crippen LogP contribution in [0.4, 0.5) is 0 Å². The number of nitrogens with one attached hydrogen (secondary N) is 1. The van der Waals surface area contributed by atoms with Gasteiger partial charge in [-0.3, -0.25) is 19.3 Å². The van der Waals surface area contributed by atoms with Crippen LogP contribution in [0, 0.1) is 11.8 Å². The Morgan fingerprint density at radius 2 is 1.83 bits per heavy atom. The number of esters is 1. The minimum atomic E-state index is -0.235. The summed E-state index contributed by atoms with van der Waals surface area (Å²) < 4.78 is 10.1. The first-order chi connectivity index (χ1) is 14.0. The van der Waals surface area contributed by atoms with Gasteiger partial charge in [0.05, 0.1) is 18.6 Å². The number of methoxy groups -OCH3 is 1. The van der Waals surface area contributed by atoms with E-state index in [1.165, 1.54) is 0 Å². The molecule has 0 bridgehead atoms. The van der Waals surface area contributed by atoms with E-state index in [1.807, 2.05) is 11.8 Å². The van der Waals surface area contributed by atoms with Crippen LogP contribution in [0.15, 0.2) is 0 Å². The van der Waals surface area contributed by atoms with E-state index in [4.69, 9.17) is 9.47 Å². The summed E-state index contributed by atoms with van der Waals surface area (Å²) >= 11 is 0. The first-order valence-corrected chi connectivity index (χ1v) is 10.9. The van der Waals surface area contributed by atoms with Gasteiger partial charge >= 0.3 is 5.97 Å². The molecule has 2 atom stereocenters. The quantitative estimate of drug-likeness (QED) is 0.451. The molecule has 2 heterocycles. The van der Waals surface area contributed by atoms with Crippen LogP contribution in [-0.4, -0.2) is 86.7 Å². The molecule has 2 saturated heterocycles. The predicted molar refractivity (Wildman–Crippen MR) is 109 cm³/mol. The number of amides is 2. The molecule has 2 rings (SSSR count). The number of rotatable bonds is 9. The second kappa shape index (κ2) is 12.1. The molecule has 8 heteroatoms. The monoisotopic (exact) mass is 411 g/mol. The van der Waals surface area contributed by atoms with Crippen molar-refractivity contribution in [3.8, 4) is 0 Å². The number of carbonyl (C=O) groups excluding carboxylic acids is 3. The Morgan fingerprint density at radius 1 is 1.10 bits per heavy atom. The fraction of sp³-hybridized carbons (Fsp3) is 0.857. The largest absolute Gasteiger partial charge is 0.466 e. The zero-order valence-corrected chi connectivity index (χ0v) is 18.2. The van der Waals surface area contributed by atoms with E-state index in [1.54, 1.807) is 14.0 Å². The molecular weight excluding hydrogens is 374 g/mol. The van der Waals surface area contributed by atoms with Gasteiger partial charge in [-0.2, -0.15) is 0 Å². The standard InChI is InChI=1S/C21H37N3O5/c1-4-29-21(27)18-7-5-11-24(15-18)20(26)16(2)23-12-8-17(9-13-23)19(25)22-10-6-14-28-3/h16-18H,4-15H2,1-3H3,(H,22,25). The van der Waals surface area contributed by atoms with E-state index in [9.17, 15) is 14.4 Å². The fourth-order valence-electron chi connectivity index (χ4n) is 4.17. The van der Waals surface area contributed by atoms with Crippen molar-refractivity contribution in [2.24, 2.45) is 11.8 Å². The van der Waals surface area contributed by atoms with Gasteiger partial charge in [0, 0.05) is 39.3 Å². The van der Waals surface area contributed by atoms with Crippen LogP contribution in [0.3, 0.4) is 0 Å². The smallest absolute Gasteiger partial charge is 0.310 e. The number of nitrogens with zero attached hydrogens (tertiary/aromatic N) is 2. The van der Waals surface area contributed by atoms with Gasteiger partial charge in [0.1, 0.15) is 0 Å². The molecule has 0 aromatic rings. The first kappa shape index (κ1) is 23.6. The number of hydrogen-bond donors (Lipinski definition) is 1. The van der Waals surface area contributed by atoms with Crippen LogP contribution in [0.2, 0.25) is 0 Å². The van der Waals surface area contributed by atoms with Gasteiger partial charge in [-0.05, 0) is 59.0 Å². The summed E-state index contributed by atoms with van der Waals surface area (Å²) in [6.07, 6.45) is 3.95. The van der Waals surface area contributed by atoms with Gasteiger partial charge in [-0.15, -0.1) is 0 Å². The van der Waals surface area contributed by atoms with Gasteiger partial charge in [-0.1, -0.05) is 0 Å². The van der Waals surface area contributed by atoms with Gasteiger partial charge in [0.25, 0.3) is 0 Å².